The zero-order valence-corrected chi connectivity index (χ0v) is 9.85. The lowest BCUT2D eigenvalue weighted by Crippen LogP contribution is -2.29. The maximum absolute atomic E-state index is 11.8. The van der Waals surface area contributed by atoms with Crippen molar-refractivity contribution in [3.8, 4) is 0 Å². The van der Waals surface area contributed by atoms with E-state index in [-0.39, 0.29) is 12.1 Å². The Bertz CT molecular complexity index is 514. The van der Waals surface area contributed by atoms with Crippen molar-refractivity contribution in [3.63, 3.8) is 0 Å². The summed E-state index contributed by atoms with van der Waals surface area (Å²) in [5, 5.41) is 21.3. The fraction of sp³-hybridized carbons (Fsp3) is 0.400. The van der Waals surface area contributed by atoms with E-state index in [1.807, 2.05) is 0 Å². The van der Waals surface area contributed by atoms with Crippen molar-refractivity contribution in [2.24, 2.45) is 5.16 Å². The minimum absolute atomic E-state index is 0.0445. The minimum atomic E-state index is -1.18. The van der Waals surface area contributed by atoms with Crippen LogP contribution in [0.15, 0.2) is 5.16 Å². The summed E-state index contributed by atoms with van der Waals surface area (Å²) in [4.78, 5) is 27.3. The third-order valence-electron chi connectivity index (χ3n) is 2.58. The number of nitrogens with one attached hydrogen (secondary N) is 2. The predicted molar refractivity (Wildman–Crippen MR) is 61.3 cm³/mol. The molecule has 96 valence electrons. The van der Waals surface area contributed by atoms with Crippen LogP contribution in [0.1, 0.15) is 17.8 Å². The van der Waals surface area contributed by atoms with E-state index in [9.17, 15) is 9.59 Å². The van der Waals surface area contributed by atoms with Crippen molar-refractivity contribution in [1.29, 1.82) is 0 Å². The van der Waals surface area contributed by atoms with Crippen molar-refractivity contribution in [1.82, 2.24) is 10.2 Å². The average Bonchev–Trinajstić information content (AvgIpc) is 2.91. The van der Waals surface area contributed by atoms with Crippen LogP contribution in [0.2, 0.25) is 0 Å². The number of nitrogens with zero attached hydrogens (tertiary/aromatic N) is 2. The van der Waals surface area contributed by atoms with Crippen LogP contribution in [0.5, 0.6) is 0 Å². The fourth-order valence-electron chi connectivity index (χ4n) is 1.58. The highest BCUT2D eigenvalue weighted by Gasteiger charge is 2.32. The molecule has 0 saturated carbocycles. The van der Waals surface area contributed by atoms with Crippen LogP contribution < -0.4 is 5.32 Å². The first-order valence-corrected chi connectivity index (χ1v) is 5.27. The molecule has 0 aromatic carbocycles. The van der Waals surface area contributed by atoms with Crippen molar-refractivity contribution in [3.05, 3.63) is 11.4 Å². The number of aromatic nitrogens is 2. The highest BCUT2D eigenvalue weighted by molar-refractivity contribution is 6.36. The number of carbonyl (C=O) groups excluding carboxylic acids is 1. The summed E-state index contributed by atoms with van der Waals surface area (Å²) < 4.78 is 0. The van der Waals surface area contributed by atoms with Crippen LogP contribution in [0, 0.1) is 13.8 Å². The number of H-pyrrole nitrogens is 1. The molecule has 0 spiro atoms. The highest BCUT2D eigenvalue weighted by Crippen LogP contribution is 2.18. The predicted octanol–water partition coefficient (Wildman–Crippen LogP) is 0.195. The molecule has 8 heteroatoms. The van der Waals surface area contributed by atoms with Gasteiger partial charge in [0, 0.05) is 6.42 Å². The maximum Gasteiger partial charge on any atom is 0.353 e. The topological polar surface area (TPSA) is 117 Å². The SMILES string of the molecule is Cc1n[nH]c(C)c1NC(=O)C1CC(C(=O)O)=NO1. The van der Waals surface area contributed by atoms with Gasteiger partial charge < -0.3 is 15.3 Å². The molecule has 1 aromatic heterocycles. The van der Waals surface area contributed by atoms with Gasteiger partial charge in [-0.2, -0.15) is 5.10 Å². The third-order valence-corrected chi connectivity index (χ3v) is 2.58. The summed E-state index contributed by atoms with van der Waals surface area (Å²) in [6, 6.07) is 0. The van der Waals surface area contributed by atoms with Gasteiger partial charge in [0.25, 0.3) is 5.91 Å². The summed E-state index contributed by atoms with van der Waals surface area (Å²) in [6.07, 6.45) is -0.957. The number of rotatable bonds is 3. The zero-order valence-electron chi connectivity index (χ0n) is 9.85. The molecule has 1 aliphatic heterocycles. The Morgan fingerprint density at radius 1 is 1.50 bits per heavy atom. The number of anilines is 1. The van der Waals surface area contributed by atoms with E-state index < -0.39 is 18.0 Å². The second-order valence-electron chi connectivity index (χ2n) is 3.94. The molecule has 1 aliphatic rings. The molecule has 2 heterocycles. The molecule has 0 saturated heterocycles. The smallest absolute Gasteiger partial charge is 0.353 e. The van der Waals surface area contributed by atoms with Gasteiger partial charge in [-0.25, -0.2) is 4.79 Å². The minimum Gasteiger partial charge on any atom is -0.477 e. The van der Waals surface area contributed by atoms with Crippen molar-refractivity contribution < 1.29 is 19.5 Å². The first-order valence-electron chi connectivity index (χ1n) is 5.27. The van der Waals surface area contributed by atoms with E-state index in [0.29, 0.717) is 11.4 Å². The molecule has 18 heavy (non-hydrogen) atoms. The first-order chi connectivity index (χ1) is 8.49. The number of hydrogen-bond donors (Lipinski definition) is 3. The number of oxime groups is 1. The van der Waals surface area contributed by atoms with Gasteiger partial charge in [-0.05, 0) is 13.8 Å². The number of carboxylic acids is 1. The Morgan fingerprint density at radius 3 is 2.72 bits per heavy atom. The van der Waals surface area contributed by atoms with Crippen LogP contribution in [0.3, 0.4) is 0 Å². The Balaban J connectivity index is 2.01. The molecular weight excluding hydrogens is 240 g/mol. The summed E-state index contributed by atoms with van der Waals surface area (Å²) >= 11 is 0. The van der Waals surface area contributed by atoms with E-state index >= 15 is 0 Å². The molecule has 1 unspecified atom stereocenters. The molecule has 1 atom stereocenters. The Kier molecular flexibility index (Phi) is 3.00. The van der Waals surface area contributed by atoms with Crippen LogP contribution in [0.25, 0.3) is 0 Å². The molecule has 0 bridgehead atoms. The number of amides is 1. The standard InChI is InChI=1S/C10H12N4O4/c1-4-8(5(2)13-12-4)11-9(15)7-3-6(10(16)17)14-18-7/h7H,3H2,1-2H3,(H,11,15)(H,12,13)(H,16,17). The van der Waals surface area contributed by atoms with Gasteiger partial charge in [-0.1, -0.05) is 5.16 Å². The molecule has 0 aliphatic carbocycles. The number of aliphatic carboxylic acids is 1. The van der Waals surface area contributed by atoms with E-state index in [4.69, 9.17) is 9.94 Å². The maximum atomic E-state index is 11.8. The lowest BCUT2D eigenvalue weighted by Gasteiger charge is -2.09. The van der Waals surface area contributed by atoms with E-state index in [1.165, 1.54) is 0 Å². The van der Waals surface area contributed by atoms with Crippen LogP contribution in [-0.4, -0.2) is 39.0 Å². The van der Waals surface area contributed by atoms with Crippen molar-refractivity contribution in [2.45, 2.75) is 26.4 Å². The van der Waals surface area contributed by atoms with Gasteiger partial charge in [-0.3, -0.25) is 9.89 Å². The van der Waals surface area contributed by atoms with Gasteiger partial charge in [0.15, 0.2) is 5.71 Å². The lowest BCUT2D eigenvalue weighted by atomic mass is 10.1. The molecule has 1 aromatic rings. The number of aryl methyl sites for hydroxylation is 2. The summed E-state index contributed by atoms with van der Waals surface area (Å²) in [5.41, 5.74) is 1.79. The fourth-order valence-corrected chi connectivity index (χ4v) is 1.58. The van der Waals surface area contributed by atoms with E-state index in [0.717, 1.165) is 5.69 Å². The average molecular weight is 252 g/mol. The largest absolute Gasteiger partial charge is 0.477 e. The van der Waals surface area contributed by atoms with Crippen LogP contribution >= 0.6 is 0 Å². The molecule has 0 fully saturated rings. The third kappa shape index (κ3) is 2.17. The van der Waals surface area contributed by atoms with Gasteiger partial charge in [0.1, 0.15) is 0 Å². The Labute approximate surface area is 102 Å². The number of carboxylic acid groups (broad SMARTS) is 1. The van der Waals surface area contributed by atoms with Gasteiger partial charge in [0.2, 0.25) is 6.10 Å². The Hall–Kier alpha value is -2.38. The molecular formula is C10H12N4O4. The van der Waals surface area contributed by atoms with Gasteiger partial charge in [-0.15, -0.1) is 0 Å². The van der Waals surface area contributed by atoms with Gasteiger partial charge >= 0.3 is 5.97 Å². The number of hydrogen-bond acceptors (Lipinski definition) is 5. The first kappa shape index (κ1) is 12.1. The Morgan fingerprint density at radius 2 is 2.22 bits per heavy atom. The van der Waals surface area contributed by atoms with Crippen molar-refractivity contribution >= 4 is 23.3 Å². The quantitative estimate of drug-likeness (QED) is 0.710. The lowest BCUT2D eigenvalue weighted by molar-refractivity contribution is -0.129. The normalized spacial score (nSPS) is 18.1. The molecule has 2 rings (SSSR count). The second-order valence-corrected chi connectivity index (χ2v) is 3.94. The molecule has 8 nitrogen and oxygen atoms in total. The molecule has 3 N–H and O–H groups in total. The highest BCUT2D eigenvalue weighted by atomic mass is 16.6. The van der Waals surface area contributed by atoms with Crippen molar-refractivity contribution in [2.75, 3.05) is 5.32 Å². The number of aromatic amines is 1. The van der Waals surface area contributed by atoms with Crippen LogP contribution in [0.4, 0.5) is 5.69 Å². The monoisotopic (exact) mass is 252 g/mol. The zero-order chi connectivity index (χ0) is 13.3. The van der Waals surface area contributed by atoms with Gasteiger partial charge in [0.05, 0.1) is 17.1 Å². The van der Waals surface area contributed by atoms with E-state index in [1.54, 1.807) is 13.8 Å². The summed E-state index contributed by atoms with van der Waals surface area (Å²) in [6.45, 7) is 3.51. The second kappa shape index (κ2) is 4.47. The summed E-state index contributed by atoms with van der Waals surface area (Å²) in [5.74, 6) is -1.62. The number of carbonyl (C=O) groups is 2. The molecule has 0 radical (unpaired) electrons. The van der Waals surface area contributed by atoms with E-state index in [2.05, 4.69) is 20.7 Å². The molecule has 1 amide bonds. The van der Waals surface area contributed by atoms with Crippen LogP contribution in [-0.2, 0) is 14.4 Å². The summed E-state index contributed by atoms with van der Waals surface area (Å²) in [7, 11) is 0.